The Balaban J connectivity index is 2.01. The zero-order valence-corrected chi connectivity index (χ0v) is 10.8. The van der Waals surface area contributed by atoms with E-state index in [1.165, 1.54) is 10.9 Å². The lowest BCUT2D eigenvalue weighted by Gasteiger charge is -2.12. The van der Waals surface area contributed by atoms with Gasteiger partial charge in [-0.2, -0.15) is 0 Å². The van der Waals surface area contributed by atoms with Gasteiger partial charge in [-0.1, -0.05) is 23.7 Å². The number of aryl methyl sites for hydroxylation is 1. The summed E-state index contributed by atoms with van der Waals surface area (Å²) in [5.74, 6) is -0.323. The monoisotopic (exact) mass is 269 g/mol. The van der Waals surface area contributed by atoms with E-state index in [1.807, 2.05) is 11.4 Å². The molecule has 1 nitrogen and oxygen atoms in total. The third-order valence-corrected chi connectivity index (χ3v) is 3.82. The quantitative estimate of drug-likeness (QED) is 0.886. The smallest absolute Gasteiger partial charge is 0.129 e. The van der Waals surface area contributed by atoms with Crippen LogP contribution in [0, 0.1) is 5.82 Å². The maximum absolute atomic E-state index is 13.6. The van der Waals surface area contributed by atoms with Crippen LogP contribution in [0.5, 0.6) is 0 Å². The van der Waals surface area contributed by atoms with Crippen LogP contribution in [-0.2, 0) is 6.42 Å². The summed E-state index contributed by atoms with van der Waals surface area (Å²) in [6, 6.07) is 8.43. The van der Waals surface area contributed by atoms with Crippen LogP contribution in [-0.4, -0.2) is 0 Å². The van der Waals surface area contributed by atoms with Gasteiger partial charge in [0.2, 0.25) is 0 Å². The molecule has 0 spiro atoms. The molecule has 0 saturated carbocycles. The predicted octanol–water partition coefficient (Wildman–Crippen LogP) is 4.17. The molecule has 0 aliphatic rings. The van der Waals surface area contributed by atoms with E-state index in [4.69, 9.17) is 17.3 Å². The van der Waals surface area contributed by atoms with E-state index < -0.39 is 0 Å². The first-order valence-electron chi connectivity index (χ1n) is 5.39. The van der Waals surface area contributed by atoms with E-state index in [0.29, 0.717) is 10.6 Å². The van der Waals surface area contributed by atoms with Crippen molar-refractivity contribution in [3.63, 3.8) is 0 Å². The summed E-state index contributed by atoms with van der Waals surface area (Å²) in [7, 11) is 0. The lowest BCUT2D eigenvalue weighted by molar-refractivity contribution is 0.565. The maximum Gasteiger partial charge on any atom is 0.129 e. The number of rotatable bonds is 4. The van der Waals surface area contributed by atoms with E-state index in [1.54, 1.807) is 23.5 Å². The van der Waals surface area contributed by atoms with Crippen LogP contribution in [0.2, 0.25) is 5.02 Å². The van der Waals surface area contributed by atoms with E-state index in [9.17, 15) is 4.39 Å². The fourth-order valence-electron chi connectivity index (χ4n) is 1.71. The minimum atomic E-state index is -0.323. The Morgan fingerprint density at radius 2 is 2.18 bits per heavy atom. The molecular weight excluding hydrogens is 257 g/mol. The fourth-order valence-corrected chi connectivity index (χ4v) is 2.59. The largest absolute Gasteiger partial charge is 0.324 e. The molecule has 2 N–H and O–H groups in total. The third kappa shape index (κ3) is 3.28. The minimum absolute atomic E-state index is 0.283. The first kappa shape index (κ1) is 12.6. The van der Waals surface area contributed by atoms with Crippen molar-refractivity contribution in [1.29, 1.82) is 0 Å². The number of thiophene rings is 1. The van der Waals surface area contributed by atoms with E-state index >= 15 is 0 Å². The molecule has 1 atom stereocenters. The number of hydrogen-bond acceptors (Lipinski definition) is 2. The van der Waals surface area contributed by atoms with Gasteiger partial charge in [-0.15, -0.1) is 11.3 Å². The van der Waals surface area contributed by atoms with Crippen molar-refractivity contribution in [1.82, 2.24) is 0 Å². The third-order valence-electron chi connectivity index (χ3n) is 2.64. The molecular formula is C13H13ClFNS. The van der Waals surface area contributed by atoms with Crippen molar-refractivity contribution in [3.8, 4) is 0 Å². The molecule has 1 unspecified atom stereocenters. The van der Waals surface area contributed by atoms with Gasteiger partial charge in [-0.25, -0.2) is 4.39 Å². The average Bonchev–Trinajstić information content (AvgIpc) is 2.78. The fraction of sp³-hybridized carbons (Fsp3) is 0.231. The van der Waals surface area contributed by atoms with Gasteiger partial charge in [0, 0.05) is 21.5 Å². The van der Waals surface area contributed by atoms with Crippen LogP contribution in [0.3, 0.4) is 0 Å². The summed E-state index contributed by atoms with van der Waals surface area (Å²) in [6.45, 7) is 0. The SMILES string of the molecule is NC(CCc1cccs1)c1ccc(Cl)cc1F. The zero-order chi connectivity index (χ0) is 12.3. The Labute approximate surface area is 109 Å². The van der Waals surface area contributed by atoms with Gasteiger partial charge in [-0.3, -0.25) is 0 Å². The highest BCUT2D eigenvalue weighted by Crippen LogP contribution is 2.23. The maximum atomic E-state index is 13.6. The Hall–Kier alpha value is -0.900. The van der Waals surface area contributed by atoms with E-state index in [0.717, 1.165) is 12.8 Å². The number of nitrogens with two attached hydrogens (primary N) is 1. The average molecular weight is 270 g/mol. The summed E-state index contributed by atoms with van der Waals surface area (Å²) in [6.07, 6.45) is 1.61. The second-order valence-electron chi connectivity index (χ2n) is 3.89. The first-order chi connectivity index (χ1) is 8.16. The van der Waals surface area contributed by atoms with Crippen LogP contribution in [0.1, 0.15) is 22.9 Å². The minimum Gasteiger partial charge on any atom is -0.324 e. The van der Waals surface area contributed by atoms with Crippen LogP contribution >= 0.6 is 22.9 Å². The lowest BCUT2D eigenvalue weighted by Crippen LogP contribution is -2.12. The normalized spacial score (nSPS) is 12.6. The van der Waals surface area contributed by atoms with Crippen molar-refractivity contribution < 1.29 is 4.39 Å². The molecule has 90 valence electrons. The highest BCUT2D eigenvalue weighted by atomic mass is 35.5. The lowest BCUT2D eigenvalue weighted by atomic mass is 10.0. The topological polar surface area (TPSA) is 26.0 Å². The Bertz CT molecular complexity index is 484. The molecule has 0 bridgehead atoms. The predicted molar refractivity (Wildman–Crippen MR) is 71.0 cm³/mol. The number of hydrogen-bond donors (Lipinski definition) is 1. The Morgan fingerprint density at radius 3 is 2.82 bits per heavy atom. The molecule has 1 heterocycles. The zero-order valence-electron chi connectivity index (χ0n) is 9.20. The van der Waals surface area contributed by atoms with Gasteiger partial charge in [0.15, 0.2) is 0 Å². The summed E-state index contributed by atoms with van der Waals surface area (Å²) >= 11 is 7.40. The van der Waals surface area contributed by atoms with Gasteiger partial charge in [0.05, 0.1) is 0 Å². The number of halogens is 2. The highest BCUT2D eigenvalue weighted by molar-refractivity contribution is 7.09. The molecule has 1 aromatic carbocycles. The molecule has 17 heavy (non-hydrogen) atoms. The first-order valence-corrected chi connectivity index (χ1v) is 6.65. The Morgan fingerprint density at radius 1 is 1.35 bits per heavy atom. The summed E-state index contributed by atoms with van der Waals surface area (Å²) in [5.41, 5.74) is 6.52. The van der Waals surface area contributed by atoms with Gasteiger partial charge >= 0.3 is 0 Å². The molecule has 0 radical (unpaired) electrons. The molecule has 0 aliphatic heterocycles. The summed E-state index contributed by atoms with van der Waals surface area (Å²) in [4.78, 5) is 1.27. The second kappa shape index (κ2) is 5.63. The van der Waals surface area contributed by atoms with E-state index in [-0.39, 0.29) is 11.9 Å². The van der Waals surface area contributed by atoms with Gasteiger partial charge < -0.3 is 5.73 Å². The Kier molecular flexibility index (Phi) is 4.15. The number of benzene rings is 1. The van der Waals surface area contributed by atoms with Crippen LogP contribution < -0.4 is 5.73 Å². The van der Waals surface area contributed by atoms with Gasteiger partial charge in [-0.05, 0) is 36.4 Å². The van der Waals surface area contributed by atoms with E-state index in [2.05, 4.69) is 6.07 Å². The molecule has 0 amide bonds. The second-order valence-corrected chi connectivity index (χ2v) is 5.36. The van der Waals surface area contributed by atoms with Gasteiger partial charge in [0.1, 0.15) is 5.82 Å². The molecule has 0 saturated heterocycles. The molecule has 2 aromatic rings. The standard InChI is InChI=1S/C13H13ClFNS/c14-9-3-5-11(12(15)8-9)13(16)6-4-10-2-1-7-17-10/h1-3,5,7-8,13H,4,6,16H2. The summed E-state index contributed by atoms with van der Waals surface area (Å²) in [5, 5.41) is 2.43. The molecule has 2 rings (SSSR count). The van der Waals surface area contributed by atoms with Gasteiger partial charge in [0.25, 0.3) is 0 Å². The van der Waals surface area contributed by atoms with Crippen molar-refractivity contribution in [2.24, 2.45) is 5.73 Å². The highest BCUT2D eigenvalue weighted by Gasteiger charge is 2.11. The van der Waals surface area contributed by atoms with Crippen molar-refractivity contribution in [2.45, 2.75) is 18.9 Å². The van der Waals surface area contributed by atoms with Crippen molar-refractivity contribution in [3.05, 3.63) is 57.0 Å². The molecule has 4 heteroatoms. The van der Waals surface area contributed by atoms with Crippen LogP contribution in [0.15, 0.2) is 35.7 Å². The van der Waals surface area contributed by atoms with Crippen molar-refractivity contribution >= 4 is 22.9 Å². The summed E-state index contributed by atoms with van der Waals surface area (Å²) < 4.78 is 13.6. The molecule has 1 aromatic heterocycles. The van der Waals surface area contributed by atoms with Crippen molar-refractivity contribution in [2.75, 3.05) is 0 Å². The molecule has 0 fully saturated rings. The van der Waals surface area contributed by atoms with Crippen LogP contribution in [0.25, 0.3) is 0 Å². The van der Waals surface area contributed by atoms with Crippen LogP contribution in [0.4, 0.5) is 4.39 Å². The molecule has 0 aliphatic carbocycles.